The first kappa shape index (κ1) is 21.3. The fourth-order valence-corrected chi connectivity index (χ4v) is 5.10. The van der Waals surface area contributed by atoms with Crippen LogP contribution >= 0.6 is 0 Å². The number of hydrogen-bond donors (Lipinski definition) is 2. The highest BCUT2D eigenvalue weighted by atomic mass is 16.5. The van der Waals surface area contributed by atoms with Crippen molar-refractivity contribution in [3.63, 3.8) is 0 Å². The number of para-hydroxylation sites is 1. The minimum absolute atomic E-state index is 0. The average molecular weight is 420 g/mol. The Morgan fingerprint density at radius 1 is 1.06 bits per heavy atom. The largest absolute Gasteiger partial charge is 0.497 e. The highest BCUT2D eigenvalue weighted by molar-refractivity contribution is 5.86. The molecular weight excluding hydrogens is 386 g/mol. The van der Waals surface area contributed by atoms with Gasteiger partial charge in [0.15, 0.2) is 0 Å². The van der Waals surface area contributed by atoms with Gasteiger partial charge >= 0.3 is 6.03 Å². The van der Waals surface area contributed by atoms with Crippen LogP contribution in [-0.2, 0) is 6.42 Å². The number of urea groups is 1. The van der Waals surface area contributed by atoms with Crippen LogP contribution in [0.2, 0.25) is 0 Å². The van der Waals surface area contributed by atoms with Gasteiger partial charge in [-0.15, -0.1) is 0 Å². The fraction of sp³-hybridized carbons (Fsp3) is 0.423. The molecule has 1 aromatic heterocycles. The molecule has 5 nitrogen and oxygen atoms in total. The first-order valence-electron chi connectivity index (χ1n) is 11.0. The predicted molar refractivity (Wildman–Crippen MR) is 126 cm³/mol. The van der Waals surface area contributed by atoms with E-state index in [9.17, 15) is 4.79 Å². The van der Waals surface area contributed by atoms with E-state index in [2.05, 4.69) is 46.7 Å². The Hall–Kier alpha value is -2.95. The minimum atomic E-state index is -0.129. The second-order valence-electron chi connectivity index (χ2n) is 8.47. The third-order valence-electron chi connectivity index (χ3n) is 6.66. The molecule has 3 aromatic rings. The minimum Gasteiger partial charge on any atom is -0.497 e. The molecule has 1 unspecified atom stereocenters. The van der Waals surface area contributed by atoms with Gasteiger partial charge in [0, 0.05) is 29.2 Å². The van der Waals surface area contributed by atoms with E-state index in [4.69, 9.17) is 4.74 Å². The number of aromatic nitrogens is 1. The van der Waals surface area contributed by atoms with Crippen molar-refractivity contribution in [1.29, 1.82) is 0 Å². The molecule has 2 aliphatic rings. The smallest absolute Gasteiger partial charge is 0.318 e. The Labute approximate surface area is 184 Å². The molecule has 0 saturated heterocycles. The van der Waals surface area contributed by atoms with E-state index >= 15 is 0 Å². The van der Waals surface area contributed by atoms with Crippen LogP contribution in [0, 0.1) is 0 Å². The van der Waals surface area contributed by atoms with Crippen molar-refractivity contribution in [2.45, 2.75) is 58.0 Å². The van der Waals surface area contributed by atoms with E-state index in [1.54, 1.807) is 7.11 Å². The number of nitrogens with one attached hydrogen (secondary N) is 2. The molecule has 2 amide bonds. The van der Waals surface area contributed by atoms with Crippen LogP contribution in [0.4, 0.5) is 4.79 Å². The summed E-state index contributed by atoms with van der Waals surface area (Å²) in [4.78, 5) is 19.0. The van der Waals surface area contributed by atoms with Gasteiger partial charge in [0.05, 0.1) is 13.2 Å². The number of carbonyl (C=O) groups excluding carboxylic acids is 1. The maximum absolute atomic E-state index is 13.4. The summed E-state index contributed by atoms with van der Waals surface area (Å²) in [5.41, 5.74) is 4.69. The van der Waals surface area contributed by atoms with E-state index in [1.807, 2.05) is 17.0 Å². The summed E-state index contributed by atoms with van der Waals surface area (Å²) in [6.07, 6.45) is 6.74. The molecule has 2 aromatic carbocycles. The lowest BCUT2D eigenvalue weighted by molar-refractivity contribution is 0.172. The summed E-state index contributed by atoms with van der Waals surface area (Å²) in [6.45, 7) is 0.712. The van der Waals surface area contributed by atoms with Gasteiger partial charge in [-0.1, -0.05) is 57.0 Å². The van der Waals surface area contributed by atoms with Gasteiger partial charge in [0.25, 0.3) is 0 Å². The number of H-pyrrole nitrogens is 1. The van der Waals surface area contributed by atoms with Crippen LogP contribution < -0.4 is 10.1 Å². The first-order valence-corrected chi connectivity index (χ1v) is 11.0. The highest BCUT2D eigenvalue weighted by Crippen LogP contribution is 2.39. The molecule has 5 heteroatoms. The van der Waals surface area contributed by atoms with Crippen molar-refractivity contribution in [3.05, 3.63) is 65.4 Å². The van der Waals surface area contributed by atoms with Crippen molar-refractivity contribution in [1.82, 2.24) is 15.2 Å². The third-order valence-corrected chi connectivity index (χ3v) is 6.66. The molecule has 31 heavy (non-hydrogen) atoms. The second-order valence-corrected chi connectivity index (χ2v) is 8.47. The zero-order chi connectivity index (χ0) is 20.5. The van der Waals surface area contributed by atoms with Crippen LogP contribution in [0.15, 0.2) is 48.5 Å². The van der Waals surface area contributed by atoms with Crippen LogP contribution in [0.5, 0.6) is 5.75 Å². The summed E-state index contributed by atoms with van der Waals surface area (Å²) in [5.74, 6) is 0.824. The lowest BCUT2D eigenvalue weighted by atomic mass is 9.92. The van der Waals surface area contributed by atoms with Crippen LogP contribution in [0.1, 0.15) is 62.4 Å². The maximum atomic E-state index is 13.4. The lowest BCUT2D eigenvalue weighted by Gasteiger charge is -2.37. The van der Waals surface area contributed by atoms with Crippen LogP contribution in [0.3, 0.4) is 0 Å². The number of amides is 2. The summed E-state index contributed by atoms with van der Waals surface area (Å²) in [5, 5.41) is 4.59. The second kappa shape index (κ2) is 9.04. The molecule has 1 aliphatic carbocycles. The quantitative estimate of drug-likeness (QED) is 0.563. The number of ether oxygens (including phenoxy) is 1. The summed E-state index contributed by atoms with van der Waals surface area (Å²) in [7, 11) is 1.68. The van der Waals surface area contributed by atoms with E-state index < -0.39 is 0 Å². The summed E-state index contributed by atoms with van der Waals surface area (Å²) in [6, 6.07) is 16.7. The molecule has 1 saturated carbocycles. The van der Waals surface area contributed by atoms with Gasteiger partial charge < -0.3 is 19.9 Å². The number of nitrogens with zero attached hydrogens (tertiary/aromatic N) is 1. The fourth-order valence-electron chi connectivity index (χ4n) is 5.10. The average Bonchev–Trinajstić information content (AvgIpc) is 3.18. The number of fused-ring (bicyclic) bond motifs is 3. The molecule has 0 radical (unpaired) electrons. The van der Waals surface area contributed by atoms with Gasteiger partial charge in [-0.05, 0) is 48.6 Å². The molecule has 5 rings (SSSR count). The van der Waals surface area contributed by atoms with Gasteiger partial charge in [-0.3, -0.25) is 0 Å². The van der Waals surface area contributed by atoms with Crippen molar-refractivity contribution in [2.75, 3.05) is 13.7 Å². The maximum Gasteiger partial charge on any atom is 0.318 e. The molecule has 1 fully saturated rings. The van der Waals surface area contributed by atoms with E-state index in [-0.39, 0.29) is 19.5 Å². The molecule has 0 bridgehead atoms. The van der Waals surface area contributed by atoms with Crippen molar-refractivity contribution < 1.29 is 9.53 Å². The Balaban J connectivity index is 0.00000231. The predicted octanol–water partition coefficient (Wildman–Crippen LogP) is 5.80. The number of carbonyl (C=O) groups is 1. The molecular formula is C26H33N3O2. The molecule has 1 aliphatic heterocycles. The summed E-state index contributed by atoms with van der Waals surface area (Å²) >= 11 is 0. The van der Waals surface area contributed by atoms with Crippen molar-refractivity contribution in [3.8, 4) is 5.75 Å². The lowest BCUT2D eigenvalue weighted by Crippen LogP contribution is -2.49. The van der Waals surface area contributed by atoms with E-state index in [0.29, 0.717) is 12.6 Å². The molecule has 164 valence electrons. The SMILES string of the molecule is C.COc1ccc(C2c3[nH]c4ccccc4c3CCN2C(=O)NC2CCCCC2)cc1. The van der Waals surface area contributed by atoms with Gasteiger partial charge in [0.1, 0.15) is 5.75 Å². The molecule has 0 spiro atoms. The van der Waals surface area contributed by atoms with Gasteiger partial charge in [-0.2, -0.15) is 0 Å². The van der Waals surface area contributed by atoms with E-state index in [0.717, 1.165) is 41.8 Å². The molecule has 2 heterocycles. The zero-order valence-electron chi connectivity index (χ0n) is 17.5. The van der Waals surface area contributed by atoms with Crippen LogP contribution in [0.25, 0.3) is 10.9 Å². The first-order chi connectivity index (χ1) is 14.7. The highest BCUT2D eigenvalue weighted by Gasteiger charge is 2.35. The van der Waals surface area contributed by atoms with Crippen molar-refractivity contribution >= 4 is 16.9 Å². The zero-order valence-corrected chi connectivity index (χ0v) is 17.5. The normalized spacial score (nSPS) is 18.9. The number of methoxy groups -OCH3 is 1. The van der Waals surface area contributed by atoms with Crippen molar-refractivity contribution in [2.24, 2.45) is 0 Å². The number of aromatic amines is 1. The Bertz CT molecular complexity index is 1030. The number of hydrogen-bond acceptors (Lipinski definition) is 2. The molecule has 2 N–H and O–H groups in total. The van der Waals surface area contributed by atoms with Crippen LogP contribution in [-0.4, -0.2) is 35.6 Å². The summed E-state index contributed by atoms with van der Waals surface area (Å²) < 4.78 is 5.35. The standard InChI is InChI=1S/C25H29N3O2.CH4/c1-30-19-13-11-17(12-14-19)24-23-21(20-9-5-6-10-22(20)27-23)15-16-28(24)25(29)26-18-7-3-2-4-8-18;/h5-6,9-14,18,24,27H,2-4,7-8,15-16H2,1H3,(H,26,29);1H4. The van der Waals surface area contributed by atoms with E-state index in [1.165, 1.54) is 30.2 Å². The number of rotatable bonds is 3. The third kappa shape index (κ3) is 4.01. The Kier molecular flexibility index (Phi) is 6.21. The topological polar surface area (TPSA) is 57.4 Å². The Morgan fingerprint density at radius 2 is 1.81 bits per heavy atom. The van der Waals surface area contributed by atoms with Gasteiger partial charge in [0.2, 0.25) is 0 Å². The van der Waals surface area contributed by atoms with Gasteiger partial charge in [-0.25, -0.2) is 4.79 Å². The number of benzene rings is 2. The monoisotopic (exact) mass is 419 g/mol. The molecule has 1 atom stereocenters. The Morgan fingerprint density at radius 3 is 2.55 bits per heavy atom.